The van der Waals surface area contributed by atoms with Crippen LogP contribution in [0.15, 0.2) is 11.6 Å². The van der Waals surface area contributed by atoms with Crippen molar-refractivity contribution in [1.82, 2.24) is 0 Å². The van der Waals surface area contributed by atoms with Gasteiger partial charge in [0, 0.05) is 0 Å². The third-order valence-electron chi connectivity index (χ3n) is 2.54. The molecule has 0 aromatic rings. The molecule has 1 rings (SSSR count). The van der Waals surface area contributed by atoms with Crippen LogP contribution < -0.4 is 0 Å². The lowest BCUT2D eigenvalue weighted by Crippen LogP contribution is -2.05. The van der Waals surface area contributed by atoms with Gasteiger partial charge < -0.3 is 0 Å². The van der Waals surface area contributed by atoms with Crippen LogP contribution in [0.25, 0.3) is 0 Å². The van der Waals surface area contributed by atoms with Crippen LogP contribution in [-0.2, 0) is 4.79 Å². The second-order valence-electron chi connectivity index (χ2n) is 3.73. The lowest BCUT2D eigenvalue weighted by molar-refractivity contribution is -0.113. The highest BCUT2D eigenvalue weighted by Gasteiger charge is 2.21. The van der Waals surface area contributed by atoms with E-state index in [2.05, 4.69) is 19.9 Å². The minimum Gasteiger partial charge on any atom is -0.295 e. The van der Waals surface area contributed by atoms with Crippen LogP contribution in [0.3, 0.4) is 0 Å². The van der Waals surface area contributed by atoms with Crippen LogP contribution in [0.5, 0.6) is 0 Å². The zero-order valence-electron chi connectivity index (χ0n) is 7.55. The molecule has 1 unspecified atom stereocenters. The lowest BCUT2D eigenvalue weighted by atomic mass is 9.92. The first-order chi connectivity index (χ1) is 5.11. The molecule has 1 nitrogen and oxygen atoms in total. The highest BCUT2D eigenvalue weighted by Crippen LogP contribution is 2.30. The van der Waals surface area contributed by atoms with Crippen LogP contribution in [-0.4, -0.2) is 5.78 Å². The maximum Gasteiger partial charge on any atom is 0.155 e. The molecule has 0 saturated carbocycles. The number of rotatable bonds is 2. The summed E-state index contributed by atoms with van der Waals surface area (Å²) >= 11 is 0. The summed E-state index contributed by atoms with van der Waals surface area (Å²) in [6, 6.07) is 0. The molecule has 1 heteroatoms. The molecule has 0 heterocycles. The summed E-state index contributed by atoms with van der Waals surface area (Å²) in [5.41, 5.74) is 1.05. The van der Waals surface area contributed by atoms with E-state index in [9.17, 15) is 4.79 Å². The Bertz CT molecular complexity index is 189. The van der Waals surface area contributed by atoms with Gasteiger partial charge in [0.1, 0.15) is 0 Å². The molecule has 0 saturated heterocycles. The van der Waals surface area contributed by atoms with Crippen molar-refractivity contribution in [3.8, 4) is 0 Å². The maximum absolute atomic E-state index is 10.9. The fourth-order valence-electron chi connectivity index (χ4n) is 1.54. The van der Waals surface area contributed by atoms with E-state index in [1.165, 1.54) is 0 Å². The molecule has 1 atom stereocenters. The van der Waals surface area contributed by atoms with E-state index in [1.807, 2.05) is 0 Å². The Kier molecular flexibility index (Phi) is 2.48. The monoisotopic (exact) mass is 152 g/mol. The fourth-order valence-corrected chi connectivity index (χ4v) is 1.54. The third-order valence-corrected chi connectivity index (χ3v) is 2.54. The Labute approximate surface area is 68.5 Å². The van der Waals surface area contributed by atoms with Crippen molar-refractivity contribution in [2.24, 2.45) is 11.8 Å². The van der Waals surface area contributed by atoms with Crippen molar-refractivity contribution in [3.63, 3.8) is 0 Å². The number of carbonyl (C=O) groups excluding carboxylic acids is 1. The Morgan fingerprint density at radius 2 is 2.27 bits per heavy atom. The topological polar surface area (TPSA) is 17.1 Å². The van der Waals surface area contributed by atoms with Gasteiger partial charge in [0.15, 0.2) is 5.78 Å². The Morgan fingerprint density at radius 1 is 1.64 bits per heavy atom. The second-order valence-corrected chi connectivity index (χ2v) is 3.73. The van der Waals surface area contributed by atoms with Crippen molar-refractivity contribution in [1.29, 1.82) is 0 Å². The molecule has 0 aromatic heterocycles. The predicted molar refractivity (Wildman–Crippen MR) is 46.3 cm³/mol. The molecule has 0 bridgehead atoms. The summed E-state index contributed by atoms with van der Waals surface area (Å²) in [6.07, 6.45) is 4.21. The molecule has 0 spiro atoms. The number of ketones is 1. The summed E-state index contributed by atoms with van der Waals surface area (Å²) in [4.78, 5) is 10.9. The van der Waals surface area contributed by atoms with Crippen molar-refractivity contribution in [3.05, 3.63) is 11.6 Å². The van der Waals surface area contributed by atoms with Gasteiger partial charge in [-0.3, -0.25) is 4.79 Å². The SMILES string of the molecule is CC(=O)C1=CCC(C(C)C)C1. The average Bonchev–Trinajstić information content (AvgIpc) is 2.33. The van der Waals surface area contributed by atoms with Crippen LogP contribution in [0, 0.1) is 11.8 Å². The van der Waals surface area contributed by atoms with Gasteiger partial charge in [-0.1, -0.05) is 19.9 Å². The van der Waals surface area contributed by atoms with Gasteiger partial charge in [0.25, 0.3) is 0 Å². The Morgan fingerprint density at radius 3 is 2.55 bits per heavy atom. The maximum atomic E-state index is 10.9. The van der Waals surface area contributed by atoms with E-state index in [1.54, 1.807) is 6.92 Å². The first kappa shape index (κ1) is 8.51. The highest BCUT2D eigenvalue weighted by molar-refractivity contribution is 5.93. The Balaban J connectivity index is 2.49. The van der Waals surface area contributed by atoms with E-state index in [4.69, 9.17) is 0 Å². The second kappa shape index (κ2) is 3.21. The van der Waals surface area contributed by atoms with Gasteiger partial charge >= 0.3 is 0 Å². The smallest absolute Gasteiger partial charge is 0.155 e. The molecule has 1 aliphatic rings. The summed E-state index contributed by atoms with van der Waals surface area (Å²) in [6.45, 7) is 6.11. The number of carbonyl (C=O) groups is 1. The van der Waals surface area contributed by atoms with Gasteiger partial charge in [-0.2, -0.15) is 0 Å². The molecule has 0 aliphatic heterocycles. The van der Waals surface area contributed by atoms with E-state index in [0.29, 0.717) is 11.8 Å². The van der Waals surface area contributed by atoms with Crippen molar-refractivity contribution < 1.29 is 4.79 Å². The van der Waals surface area contributed by atoms with E-state index >= 15 is 0 Å². The average molecular weight is 152 g/mol. The lowest BCUT2D eigenvalue weighted by Gasteiger charge is -2.13. The highest BCUT2D eigenvalue weighted by atomic mass is 16.1. The largest absolute Gasteiger partial charge is 0.295 e. The molecule has 1 aliphatic carbocycles. The molecule has 0 radical (unpaired) electrons. The minimum atomic E-state index is 0.258. The first-order valence-corrected chi connectivity index (χ1v) is 4.31. The quantitative estimate of drug-likeness (QED) is 0.594. The normalized spacial score (nSPS) is 24.0. The van der Waals surface area contributed by atoms with E-state index < -0.39 is 0 Å². The van der Waals surface area contributed by atoms with Gasteiger partial charge in [-0.25, -0.2) is 0 Å². The van der Waals surface area contributed by atoms with Gasteiger partial charge in [-0.15, -0.1) is 0 Å². The molecular formula is C10H16O. The number of Topliss-reactive ketones (excluding diaryl/α,β-unsaturated/α-hetero) is 1. The number of hydrogen-bond donors (Lipinski definition) is 0. The molecule has 0 fully saturated rings. The third kappa shape index (κ3) is 1.92. The zero-order valence-corrected chi connectivity index (χ0v) is 7.55. The fraction of sp³-hybridized carbons (Fsp3) is 0.700. The van der Waals surface area contributed by atoms with Gasteiger partial charge in [0.2, 0.25) is 0 Å². The number of allylic oxidation sites excluding steroid dienone is 2. The standard InChI is InChI=1S/C10H16O/c1-7(2)9-4-5-10(6-9)8(3)11/h5,7,9H,4,6H2,1-3H3. The van der Waals surface area contributed by atoms with Gasteiger partial charge in [-0.05, 0) is 37.2 Å². The molecule has 11 heavy (non-hydrogen) atoms. The zero-order chi connectivity index (χ0) is 8.43. The van der Waals surface area contributed by atoms with Crippen LogP contribution in [0.2, 0.25) is 0 Å². The summed E-state index contributed by atoms with van der Waals surface area (Å²) in [5.74, 6) is 1.69. The molecule has 0 N–H and O–H groups in total. The van der Waals surface area contributed by atoms with Crippen LogP contribution in [0.1, 0.15) is 33.6 Å². The summed E-state index contributed by atoms with van der Waals surface area (Å²) in [5, 5.41) is 0. The van der Waals surface area contributed by atoms with Gasteiger partial charge in [0.05, 0.1) is 0 Å². The minimum absolute atomic E-state index is 0.258. The summed E-state index contributed by atoms with van der Waals surface area (Å²) < 4.78 is 0. The van der Waals surface area contributed by atoms with E-state index in [-0.39, 0.29) is 5.78 Å². The van der Waals surface area contributed by atoms with Crippen LogP contribution >= 0.6 is 0 Å². The molecular weight excluding hydrogens is 136 g/mol. The molecule has 0 amide bonds. The van der Waals surface area contributed by atoms with Crippen molar-refractivity contribution in [2.75, 3.05) is 0 Å². The molecule has 62 valence electrons. The Hall–Kier alpha value is -0.590. The predicted octanol–water partition coefficient (Wildman–Crippen LogP) is 2.57. The molecule has 0 aromatic carbocycles. The van der Waals surface area contributed by atoms with E-state index in [0.717, 1.165) is 18.4 Å². The van der Waals surface area contributed by atoms with Crippen molar-refractivity contribution >= 4 is 5.78 Å². The number of hydrogen-bond acceptors (Lipinski definition) is 1. The van der Waals surface area contributed by atoms with Crippen LogP contribution in [0.4, 0.5) is 0 Å². The van der Waals surface area contributed by atoms with Crippen molar-refractivity contribution in [2.45, 2.75) is 33.6 Å². The first-order valence-electron chi connectivity index (χ1n) is 4.31. The summed E-state index contributed by atoms with van der Waals surface area (Å²) in [7, 11) is 0.